The van der Waals surface area contributed by atoms with Crippen LogP contribution in [0.4, 0.5) is 11.4 Å². The molecule has 0 unspecified atom stereocenters. The van der Waals surface area contributed by atoms with E-state index in [-0.39, 0.29) is 6.04 Å². The Morgan fingerprint density at radius 1 is 1.23 bits per heavy atom. The molecule has 1 saturated carbocycles. The van der Waals surface area contributed by atoms with Crippen molar-refractivity contribution in [3.8, 4) is 0 Å². The van der Waals surface area contributed by atoms with Gasteiger partial charge in [0.05, 0.1) is 17.9 Å². The highest BCUT2D eigenvalue weighted by atomic mass is 32.2. The van der Waals surface area contributed by atoms with Crippen LogP contribution in [-0.4, -0.2) is 48.2 Å². The molecule has 0 amide bonds. The Hall–Kier alpha value is -2.49. The summed E-state index contributed by atoms with van der Waals surface area (Å²) in [7, 11) is 1.90. The molecule has 1 aliphatic carbocycles. The molecule has 8 nitrogen and oxygen atoms in total. The topological polar surface area (TPSA) is 108 Å². The maximum absolute atomic E-state index is 6.46. The third kappa shape index (κ3) is 5.41. The van der Waals surface area contributed by atoms with E-state index in [9.17, 15) is 0 Å². The zero-order chi connectivity index (χ0) is 21.6. The lowest BCUT2D eigenvalue weighted by atomic mass is 9.95. The van der Waals surface area contributed by atoms with Gasteiger partial charge in [0.25, 0.3) is 0 Å². The average Bonchev–Trinajstić information content (AvgIpc) is 2.75. The van der Waals surface area contributed by atoms with Gasteiger partial charge in [0.15, 0.2) is 5.84 Å². The SMILES string of the molecule is CNSc1ccc(NC2CCCCC2)c(/C(N)=N/N(N)C2CN(c3cccnc3)C2)c1. The van der Waals surface area contributed by atoms with Crippen LogP contribution in [0, 0.1) is 0 Å². The van der Waals surface area contributed by atoms with Gasteiger partial charge in [-0.3, -0.25) is 9.71 Å². The van der Waals surface area contributed by atoms with E-state index < -0.39 is 0 Å². The molecule has 9 heteroatoms. The molecule has 1 aliphatic heterocycles. The molecule has 2 heterocycles. The van der Waals surface area contributed by atoms with Crippen LogP contribution in [0.3, 0.4) is 0 Å². The first-order chi connectivity index (χ1) is 15.1. The van der Waals surface area contributed by atoms with E-state index in [1.807, 2.05) is 19.3 Å². The van der Waals surface area contributed by atoms with Gasteiger partial charge in [0.1, 0.15) is 0 Å². The highest BCUT2D eigenvalue weighted by Gasteiger charge is 2.31. The minimum Gasteiger partial charge on any atom is -0.382 e. The smallest absolute Gasteiger partial charge is 0.154 e. The molecule has 0 spiro atoms. The summed E-state index contributed by atoms with van der Waals surface area (Å²) in [6, 6.07) is 10.9. The van der Waals surface area contributed by atoms with Crippen molar-refractivity contribution in [1.29, 1.82) is 0 Å². The van der Waals surface area contributed by atoms with Crippen molar-refractivity contribution in [3.05, 3.63) is 48.3 Å². The molecule has 0 radical (unpaired) electrons. The number of anilines is 2. The number of hydrazine groups is 1. The molecule has 31 heavy (non-hydrogen) atoms. The number of hydrogen-bond donors (Lipinski definition) is 4. The summed E-state index contributed by atoms with van der Waals surface area (Å²) in [6.45, 7) is 1.59. The Balaban J connectivity index is 1.47. The molecule has 1 saturated heterocycles. The van der Waals surface area contributed by atoms with Gasteiger partial charge in [-0.2, -0.15) is 0 Å². The van der Waals surface area contributed by atoms with Gasteiger partial charge in [0.2, 0.25) is 0 Å². The van der Waals surface area contributed by atoms with Gasteiger partial charge in [0, 0.05) is 41.5 Å². The van der Waals surface area contributed by atoms with Crippen LogP contribution in [0.25, 0.3) is 0 Å². The molecular weight excluding hydrogens is 408 g/mol. The zero-order valence-electron chi connectivity index (χ0n) is 18.0. The molecule has 2 aromatic rings. The lowest BCUT2D eigenvalue weighted by molar-refractivity contribution is 0.176. The summed E-state index contributed by atoms with van der Waals surface area (Å²) in [5, 5.41) is 9.74. The second-order valence-corrected chi connectivity index (χ2v) is 9.21. The van der Waals surface area contributed by atoms with E-state index in [4.69, 9.17) is 11.6 Å². The van der Waals surface area contributed by atoms with Crippen LogP contribution in [0.15, 0.2) is 52.7 Å². The number of rotatable bonds is 8. The predicted octanol–water partition coefficient (Wildman–Crippen LogP) is 2.74. The van der Waals surface area contributed by atoms with E-state index in [1.165, 1.54) is 37.2 Å². The highest BCUT2D eigenvalue weighted by Crippen LogP contribution is 2.27. The van der Waals surface area contributed by atoms with E-state index >= 15 is 0 Å². The highest BCUT2D eigenvalue weighted by molar-refractivity contribution is 7.97. The van der Waals surface area contributed by atoms with Gasteiger partial charge in [-0.15, -0.1) is 5.10 Å². The Morgan fingerprint density at radius 2 is 2.03 bits per heavy atom. The van der Waals surface area contributed by atoms with Crippen molar-refractivity contribution in [2.45, 2.75) is 49.1 Å². The number of benzene rings is 1. The van der Waals surface area contributed by atoms with Gasteiger partial charge in [-0.25, -0.2) is 11.0 Å². The lowest BCUT2D eigenvalue weighted by Crippen LogP contribution is -2.60. The fourth-order valence-corrected chi connectivity index (χ4v) is 4.69. The monoisotopic (exact) mass is 440 g/mol. The van der Waals surface area contributed by atoms with Crippen LogP contribution in [0.1, 0.15) is 37.7 Å². The normalized spacial score (nSPS) is 18.0. The fraction of sp³-hybridized carbons (Fsp3) is 0.455. The van der Waals surface area contributed by atoms with Gasteiger partial charge in [-0.1, -0.05) is 19.3 Å². The van der Waals surface area contributed by atoms with Crippen LogP contribution >= 0.6 is 11.9 Å². The van der Waals surface area contributed by atoms with Crippen molar-refractivity contribution in [2.75, 3.05) is 30.4 Å². The summed E-state index contributed by atoms with van der Waals surface area (Å²) in [5.41, 5.74) is 9.48. The summed E-state index contributed by atoms with van der Waals surface area (Å²) in [5.74, 6) is 6.70. The summed E-state index contributed by atoms with van der Waals surface area (Å²) in [6.07, 6.45) is 9.90. The second-order valence-electron chi connectivity index (χ2n) is 8.13. The number of nitrogens with zero attached hydrogens (tertiary/aromatic N) is 4. The molecule has 0 bridgehead atoms. The van der Waals surface area contributed by atoms with E-state index in [0.717, 1.165) is 34.9 Å². The summed E-state index contributed by atoms with van der Waals surface area (Å²) >= 11 is 1.55. The van der Waals surface area contributed by atoms with Crippen LogP contribution in [0.2, 0.25) is 0 Å². The number of hydrogen-bond acceptors (Lipinski definition) is 8. The Kier molecular flexibility index (Phi) is 7.16. The number of pyridine rings is 1. The fourth-order valence-electron chi connectivity index (χ4n) is 4.14. The molecule has 4 rings (SSSR count). The van der Waals surface area contributed by atoms with Gasteiger partial charge >= 0.3 is 0 Å². The van der Waals surface area contributed by atoms with Crippen molar-refractivity contribution >= 4 is 29.2 Å². The number of nitrogens with two attached hydrogens (primary N) is 2. The zero-order valence-corrected chi connectivity index (χ0v) is 18.8. The van der Waals surface area contributed by atoms with Crippen molar-refractivity contribution in [2.24, 2.45) is 16.7 Å². The molecule has 6 N–H and O–H groups in total. The van der Waals surface area contributed by atoms with E-state index in [2.05, 4.69) is 49.3 Å². The molecule has 2 fully saturated rings. The first-order valence-corrected chi connectivity index (χ1v) is 11.7. The van der Waals surface area contributed by atoms with Crippen LogP contribution in [0.5, 0.6) is 0 Å². The number of hydrazone groups is 1. The molecule has 166 valence electrons. The largest absolute Gasteiger partial charge is 0.382 e. The summed E-state index contributed by atoms with van der Waals surface area (Å²) < 4.78 is 3.12. The number of nitrogens with one attached hydrogen (secondary N) is 2. The third-order valence-corrected chi connectivity index (χ3v) is 6.62. The van der Waals surface area contributed by atoms with Crippen LogP contribution < -0.4 is 26.5 Å². The first kappa shape index (κ1) is 21.7. The number of aromatic nitrogens is 1. The average molecular weight is 441 g/mol. The molecule has 2 aliphatic rings. The van der Waals surface area contributed by atoms with Crippen molar-refractivity contribution < 1.29 is 0 Å². The van der Waals surface area contributed by atoms with E-state index in [1.54, 1.807) is 18.1 Å². The minimum atomic E-state index is 0.114. The molecule has 1 aromatic carbocycles. The minimum absolute atomic E-state index is 0.114. The quantitative estimate of drug-likeness (QED) is 0.163. The predicted molar refractivity (Wildman–Crippen MR) is 129 cm³/mol. The standard InChI is InChI=1S/C22H32N8S/c1-25-31-19-9-10-21(27-16-6-3-2-4-7-16)20(12-19)22(23)28-30(24)18-14-29(15-18)17-8-5-11-26-13-17/h5,8-13,16,18,25,27H,2-4,6-7,14-15,24H2,1H3,(H2,23,28). The lowest BCUT2D eigenvalue weighted by Gasteiger charge is -2.43. The van der Waals surface area contributed by atoms with Crippen LogP contribution in [-0.2, 0) is 0 Å². The Bertz CT molecular complexity index is 878. The van der Waals surface area contributed by atoms with E-state index in [0.29, 0.717) is 11.9 Å². The van der Waals surface area contributed by atoms with Crippen molar-refractivity contribution in [3.63, 3.8) is 0 Å². The summed E-state index contributed by atoms with van der Waals surface area (Å²) in [4.78, 5) is 7.49. The number of amidine groups is 1. The second kappa shape index (κ2) is 10.2. The first-order valence-electron chi connectivity index (χ1n) is 10.9. The maximum Gasteiger partial charge on any atom is 0.154 e. The molecule has 0 atom stereocenters. The maximum atomic E-state index is 6.46. The Morgan fingerprint density at radius 3 is 2.74 bits per heavy atom. The molecular formula is C22H32N8S. The third-order valence-electron chi connectivity index (χ3n) is 5.92. The molecule has 1 aromatic heterocycles. The Labute approximate surface area is 188 Å². The van der Waals surface area contributed by atoms with Gasteiger partial charge in [-0.05, 0) is 62.2 Å². The van der Waals surface area contributed by atoms with Gasteiger partial charge < -0.3 is 16.0 Å². The van der Waals surface area contributed by atoms with Crippen molar-refractivity contribution in [1.82, 2.24) is 14.8 Å².